The molecule has 37 heavy (non-hydrogen) atoms. The summed E-state index contributed by atoms with van der Waals surface area (Å²) < 4.78 is 30.9. The molecule has 3 aromatic rings. The molecule has 1 aliphatic heterocycles. The molecule has 1 saturated heterocycles. The molecular formula is C31H34O6. The van der Waals surface area contributed by atoms with Crippen molar-refractivity contribution in [3.05, 3.63) is 108 Å². The largest absolute Gasteiger partial charge is 0.466 e. The van der Waals surface area contributed by atoms with Crippen LogP contribution < -0.4 is 0 Å². The summed E-state index contributed by atoms with van der Waals surface area (Å²) in [4.78, 5) is 12.8. The Kier molecular flexibility index (Phi) is 8.64. The number of carbonyl (C=O) groups is 1. The molecule has 1 aliphatic carbocycles. The van der Waals surface area contributed by atoms with E-state index < -0.39 is 6.10 Å². The van der Waals surface area contributed by atoms with E-state index in [4.69, 9.17) is 23.7 Å². The summed E-state index contributed by atoms with van der Waals surface area (Å²) in [7, 11) is 0. The van der Waals surface area contributed by atoms with E-state index in [0.29, 0.717) is 33.0 Å². The Morgan fingerprint density at radius 3 is 1.78 bits per heavy atom. The molecule has 6 unspecified atom stereocenters. The van der Waals surface area contributed by atoms with E-state index in [9.17, 15) is 4.79 Å². The molecule has 0 aromatic heterocycles. The summed E-state index contributed by atoms with van der Waals surface area (Å²) in [6.45, 7) is 3.79. The molecule has 6 atom stereocenters. The Balaban J connectivity index is 1.34. The number of fused-ring (bicyclic) bond motifs is 1. The maximum absolute atomic E-state index is 12.8. The summed E-state index contributed by atoms with van der Waals surface area (Å²) in [5.41, 5.74) is 3.22. The Labute approximate surface area is 218 Å². The van der Waals surface area contributed by atoms with Crippen LogP contribution in [0.25, 0.3) is 0 Å². The Morgan fingerprint density at radius 2 is 1.24 bits per heavy atom. The van der Waals surface area contributed by atoms with Gasteiger partial charge in [-0.2, -0.15) is 0 Å². The van der Waals surface area contributed by atoms with Crippen LogP contribution in [0.5, 0.6) is 0 Å². The fraction of sp³-hybridized carbons (Fsp3) is 0.387. The van der Waals surface area contributed by atoms with Gasteiger partial charge in [0.15, 0.2) is 0 Å². The van der Waals surface area contributed by atoms with Crippen molar-refractivity contribution < 1.29 is 28.5 Å². The van der Waals surface area contributed by atoms with E-state index in [2.05, 4.69) is 0 Å². The maximum atomic E-state index is 12.8. The van der Waals surface area contributed by atoms with Gasteiger partial charge in [0.05, 0.1) is 51.2 Å². The zero-order valence-corrected chi connectivity index (χ0v) is 21.1. The Hall–Kier alpha value is -3.03. The molecule has 0 N–H and O–H groups in total. The summed E-state index contributed by atoms with van der Waals surface area (Å²) in [6.07, 6.45) is -1.38. The molecule has 0 amide bonds. The van der Waals surface area contributed by atoms with Crippen molar-refractivity contribution in [1.82, 2.24) is 0 Å². The highest BCUT2D eigenvalue weighted by atomic mass is 16.6. The van der Waals surface area contributed by atoms with Crippen molar-refractivity contribution in [3.63, 3.8) is 0 Å². The van der Waals surface area contributed by atoms with Gasteiger partial charge in [-0.1, -0.05) is 91.0 Å². The normalized spacial score (nSPS) is 26.3. The molecule has 5 rings (SSSR count). The van der Waals surface area contributed by atoms with Gasteiger partial charge in [0.2, 0.25) is 0 Å². The maximum Gasteiger partial charge on any atom is 0.312 e. The van der Waals surface area contributed by atoms with Gasteiger partial charge in [-0.15, -0.1) is 0 Å². The zero-order chi connectivity index (χ0) is 25.5. The molecule has 194 valence electrons. The summed E-state index contributed by atoms with van der Waals surface area (Å²) in [5.74, 6) is -0.713. The lowest BCUT2D eigenvalue weighted by Crippen LogP contribution is -2.50. The van der Waals surface area contributed by atoms with Gasteiger partial charge in [0.1, 0.15) is 12.2 Å². The van der Waals surface area contributed by atoms with Gasteiger partial charge in [0, 0.05) is 5.92 Å². The van der Waals surface area contributed by atoms with E-state index in [1.165, 1.54) is 0 Å². The Morgan fingerprint density at radius 1 is 0.730 bits per heavy atom. The first-order valence-electron chi connectivity index (χ1n) is 13.0. The smallest absolute Gasteiger partial charge is 0.312 e. The number of hydrogen-bond donors (Lipinski definition) is 0. The second-order valence-corrected chi connectivity index (χ2v) is 9.52. The molecule has 2 aliphatic rings. The molecule has 0 bridgehead atoms. The lowest BCUT2D eigenvalue weighted by molar-refractivity contribution is -0.201. The van der Waals surface area contributed by atoms with Crippen molar-refractivity contribution in [2.24, 2.45) is 11.8 Å². The lowest BCUT2D eigenvalue weighted by atomic mass is 9.99. The number of benzene rings is 3. The molecule has 2 fully saturated rings. The summed E-state index contributed by atoms with van der Waals surface area (Å²) in [6, 6.07) is 30.1. The minimum absolute atomic E-state index is 0.117. The van der Waals surface area contributed by atoms with E-state index in [-0.39, 0.29) is 36.1 Å². The Bertz CT molecular complexity index is 1110. The molecule has 3 aromatic carbocycles. The topological polar surface area (TPSA) is 63.2 Å². The van der Waals surface area contributed by atoms with Crippen LogP contribution in [0.4, 0.5) is 0 Å². The van der Waals surface area contributed by atoms with E-state index in [1.807, 2.05) is 97.9 Å². The lowest BCUT2D eigenvalue weighted by Gasteiger charge is -2.37. The number of hydrogen-bond acceptors (Lipinski definition) is 6. The fourth-order valence-electron chi connectivity index (χ4n) is 5.05. The van der Waals surface area contributed by atoms with Crippen LogP contribution in [0.1, 0.15) is 23.6 Å². The predicted octanol–water partition coefficient (Wildman–Crippen LogP) is 4.95. The van der Waals surface area contributed by atoms with Crippen molar-refractivity contribution in [1.29, 1.82) is 0 Å². The van der Waals surface area contributed by atoms with Crippen LogP contribution in [-0.2, 0) is 48.3 Å². The van der Waals surface area contributed by atoms with Gasteiger partial charge in [-0.25, -0.2) is 0 Å². The van der Waals surface area contributed by atoms with Gasteiger partial charge in [-0.3, -0.25) is 4.79 Å². The zero-order valence-electron chi connectivity index (χ0n) is 21.1. The third-order valence-corrected chi connectivity index (χ3v) is 6.93. The highest BCUT2D eigenvalue weighted by Crippen LogP contribution is 2.52. The monoisotopic (exact) mass is 502 g/mol. The number of ether oxygens (including phenoxy) is 5. The van der Waals surface area contributed by atoms with E-state index in [1.54, 1.807) is 0 Å². The van der Waals surface area contributed by atoms with Crippen LogP contribution in [-0.4, -0.2) is 43.6 Å². The number of esters is 1. The fourth-order valence-corrected chi connectivity index (χ4v) is 5.05. The SMILES string of the molecule is CCOC(=O)C1C2OC(COCc3ccccc3)C(OCc3ccccc3)C(OCc3ccccc3)C21. The molecule has 0 spiro atoms. The third kappa shape index (κ3) is 6.46. The second kappa shape index (κ2) is 12.5. The molecular weight excluding hydrogens is 468 g/mol. The standard InChI is InChI=1S/C31H34O6/c1-2-34-31(32)27-26-29(27)37-25(21-33-18-22-12-6-3-7-13-22)28(35-19-23-14-8-4-9-15-23)30(26)36-20-24-16-10-5-11-17-24/h3-17,25-30H,2,18-21H2,1H3. The quantitative estimate of drug-likeness (QED) is 0.327. The average Bonchev–Trinajstić information content (AvgIpc) is 3.67. The first kappa shape index (κ1) is 25.6. The number of rotatable bonds is 12. The molecule has 0 radical (unpaired) electrons. The minimum atomic E-state index is -0.402. The van der Waals surface area contributed by atoms with Gasteiger partial charge >= 0.3 is 5.97 Å². The van der Waals surface area contributed by atoms with Gasteiger partial charge in [-0.05, 0) is 23.6 Å². The van der Waals surface area contributed by atoms with Crippen molar-refractivity contribution in [3.8, 4) is 0 Å². The van der Waals surface area contributed by atoms with Gasteiger partial charge in [0.25, 0.3) is 0 Å². The molecule has 6 heteroatoms. The van der Waals surface area contributed by atoms with Crippen LogP contribution in [0.2, 0.25) is 0 Å². The van der Waals surface area contributed by atoms with Crippen molar-refractivity contribution in [2.45, 2.75) is 51.2 Å². The summed E-state index contributed by atoms with van der Waals surface area (Å²) in [5, 5.41) is 0. The number of carbonyl (C=O) groups excluding carboxylic acids is 1. The van der Waals surface area contributed by atoms with Crippen LogP contribution in [0, 0.1) is 11.8 Å². The first-order chi connectivity index (χ1) is 18.2. The van der Waals surface area contributed by atoms with Crippen molar-refractivity contribution in [2.75, 3.05) is 13.2 Å². The molecule has 1 saturated carbocycles. The van der Waals surface area contributed by atoms with E-state index in [0.717, 1.165) is 16.7 Å². The third-order valence-electron chi connectivity index (χ3n) is 6.93. The second-order valence-electron chi connectivity index (χ2n) is 9.52. The average molecular weight is 503 g/mol. The van der Waals surface area contributed by atoms with Crippen molar-refractivity contribution >= 4 is 5.97 Å². The van der Waals surface area contributed by atoms with Gasteiger partial charge < -0.3 is 23.7 Å². The highest BCUT2D eigenvalue weighted by Gasteiger charge is 2.67. The van der Waals surface area contributed by atoms with Crippen LogP contribution >= 0.6 is 0 Å². The molecule has 6 nitrogen and oxygen atoms in total. The van der Waals surface area contributed by atoms with Crippen LogP contribution in [0.15, 0.2) is 91.0 Å². The predicted molar refractivity (Wildman–Crippen MR) is 138 cm³/mol. The van der Waals surface area contributed by atoms with Crippen LogP contribution in [0.3, 0.4) is 0 Å². The molecule has 1 heterocycles. The first-order valence-corrected chi connectivity index (χ1v) is 13.0. The summed E-state index contributed by atoms with van der Waals surface area (Å²) >= 11 is 0. The minimum Gasteiger partial charge on any atom is -0.466 e. The highest BCUT2D eigenvalue weighted by molar-refractivity contribution is 5.77. The van der Waals surface area contributed by atoms with E-state index >= 15 is 0 Å².